The molecule has 3 heteroatoms. The van der Waals surface area contributed by atoms with Gasteiger partial charge in [-0.1, -0.05) is 35.0 Å². The number of rotatable bonds is 4. The van der Waals surface area contributed by atoms with E-state index in [1.807, 2.05) is 0 Å². The van der Waals surface area contributed by atoms with Gasteiger partial charge < -0.3 is 10.6 Å². The highest BCUT2D eigenvalue weighted by Crippen LogP contribution is 2.23. The van der Waals surface area contributed by atoms with Crippen LogP contribution in [0.25, 0.3) is 0 Å². The van der Waals surface area contributed by atoms with Gasteiger partial charge in [0.1, 0.15) is 0 Å². The summed E-state index contributed by atoms with van der Waals surface area (Å²) in [6, 6.07) is 6.52. The lowest BCUT2D eigenvalue weighted by molar-refractivity contribution is 0.401. The Labute approximate surface area is 101 Å². The zero-order valence-corrected chi connectivity index (χ0v) is 11.2. The van der Waals surface area contributed by atoms with Crippen LogP contribution in [-0.2, 0) is 6.54 Å². The molecule has 0 aliphatic heterocycles. The fourth-order valence-corrected chi connectivity index (χ4v) is 2.00. The molecule has 0 aromatic heterocycles. The van der Waals surface area contributed by atoms with Crippen molar-refractivity contribution in [2.24, 2.45) is 5.73 Å². The van der Waals surface area contributed by atoms with E-state index in [9.17, 15) is 0 Å². The predicted molar refractivity (Wildman–Crippen MR) is 69.0 cm³/mol. The third-order valence-corrected chi connectivity index (χ3v) is 3.22. The molecule has 0 saturated heterocycles. The fraction of sp³-hybridized carbons (Fsp3) is 0.500. The van der Waals surface area contributed by atoms with E-state index >= 15 is 0 Å². The second-order valence-corrected chi connectivity index (χ2v) is 5.08. The topological polar surface area (TPSA) is 29.3 Å². The molecule has 0 heterocycles. The Morgan fingerprint density at radius 2 is 2.07 bits per heavy atom. The van der Waals surface area contributed by atoms with Crippen LogP contribution < -0.4 is 5.73 Å². The molecule has 1 atom stereocenters. The molecule has 0 fully saturated rings. The van der Waals surface area contributed by atoms with E-state index in [0.717, 1.165) is 6.54 Å². The fourth-order valence-electron chi connectivity index (χ4n) is 1.48. The summed E-state index contributed by atoms with van der Waals surface area (Å²) in [6.45, 7) is 3.80. The third kappa shape index (κ3) is 3.59. The zero-order chi connectivity index (χ0) is 11.4. The molecule has 0 amide bonds. The van der Waals surface area contributed by atoms with Crippen LogP contribution in [0.5, 0.6) is 0 Å². The molecule has 0 saturated carbocycles. The zero-order valence-electron chi connectivity index (χ0n) is 9.63. The van der Waals surface area contributed by atoms with E-state index in [0.29, 0.717) is 12.5 Å². The lowest BCUT2D eigenvalue weighted by atomic mass is 10.00. The number of nitrogens with zero attached hydrogens (tertiary/aromatic N) is 1. The molecule has 0 bridgehead atoms. The lowest BCUT2D eigenvalue weighted by Crippen LogP contribution is -2.12. The van der Waals surface area contributed by atoms with Gasteiger partial charge in [0.05, 0.1) is 0 Å². The maximum atomic E-state index is 5.65. The first kappa shape index (κ1) is 12.7. The van der Waals surface area contributed by atoms with Gasteiger partial charge in [-0.2, -0.15) is 0 Å². The Kier molecular flexibility index (Phi) is 4.77. The molecular weight excluding hydrogens is 252 g/mol. The maximum absolute atomic E-state index is 5.65. The summed E-state index contributed by atoms with van der Waals surface area (Å²) in [5.41, 5.74) is 8.26. The minimum absolute atomic E-state index is 0.426. The maximum Gasteiger partial charge on any atom is 0.0238 e. The standard InChI is InChI=1S/C12H19BrN2/c1-9(7-14)10-4-5-11(8-15(2)3)12(13)6-10/h4-6,9H,7-8,14H2,1-3H3. The third-order valence-electron chi connectivity index (χ3n) is 2.49. The van der Waals surface area contributed by atoms with Crippen molar-refractivity contribution in [2.45, 2.75) is 19.4 Å². The van der Waals surface area contributed by atoms with E-state index in [2.05, 4.69) is 60.0 Å². The lowest BCUT2D eigenvalue weighted by Gasteiger charge is -2.14. The van der Waals surface area contributed by atoms with E-state index in [4.69, 9.17) is 5.73 Å². The molecule has 1 rings (SSSR count). The van der Waals surface area contributed by atoms with E-state index in [-0.39, 0.29) is 0 Å². The van der Waals surface area contributed by atoms with Crippen molar-refractivity contribution in [1.29, 1.82) is 0 Å². The van der Waals surface area contributed by atoms with Gasteiger partial charge in [0.15, 0.2) is 0 Å². The van der Waals surface area contributed by atoms with Gasteiger partial charge in [0.25, 0.3) is 0 Å². The van der Waals surface area contributed by atoms with Crippen LogP contribution in [0.1, 0.15) is 24.0 Å². The average Bonchev–Trinajstić information content (AvgIpc) is 2.19. The number of hydrogen-bond donors (Lipinski definition) is 1. The Balaban J connectivity index is 2.88. The van der Waals surface area contributed by atoms with Crippen LogP contribution in [0, 0.1) is 0 Å². The van der Waals surface area contributed by atoms with Crippen LogP contribution in [0.15, 0.2) is 22.7 Å². The largest absolute Gasteiger partial charge is 0.330 e. The second kappa shape index (κ2) is 5.64. The summed E-state index contributed by atoms with van der Waals surface area (Å²) in [7, 11) is 4.14. The molecule has 84 valence electrons. The van der Waals surface area contributed by atoms with Crippen molar-refractivity contribution in [3.63, 3.8) is 0 Å². The number of nitrogens with two attached hydrogens (primary N) is 1. The van der Waals surface area contributed by atoms with E-state index in [1.54, 1.807) is 0 Å². The highest BCUT2D eigenvalue weighted by Gasteiger charge is 2.06. The molecule has 1 aromatic rings. The van der Waals surface area contributed by atoms with Crippen molar-refractivity contribution in [1.82, 2.24) is 4.90 Å². The van der Waals surface area contributed by atoms with Crippen LogP contribution >= 0.6 is 15.9 Å². The summed E-state index contributed by atoms with van der Waals surface area (Å²) in [5, 5.41) is 0. The number of halogens is 1. The Morgan fingerprint density at radius 1 is 1.40 bits per heavy atom. The van der Waals surface area contributed by atoms with Crippen LogP contribution in [-0.4, -0.2) is 25.5 Å². The molecule has 15 heavy (non-hydrogen) atoms. The van der Waals surface area contributed by atoms with Crippen LogP contribution in [0.3, 0.4) is 0 Å². The summed E-state index contributed by atoms with van der Waals surface area (Å²) in [5.74, 6) is 0.426. The first-order valence-corrected chi connectivity index (χ1v) is 5.97. The van der Waals surface area contributed by atoms with Gasteiger partial charge in [-0.25, -0.2) is 0 Å². The summed E-state index contributed by atoms with van der Waals surface area (Å²) in [6.07, 6.45) is 0. The number of hydrogen-bond acceptors (Lipinski definition) is 2. The quantitative estimate of drug-likeness (QED) is 0.912. The highest BCUT2D eigenvalue weighted by molar-refractivity contribution is 9.10. The molecule has 1 aromatic carbocycles. The smallest absolute Gasteiger partial charge is 0.0238 e. The van der Waals surface area contributed by atoms with Gasteiger partial charge in [0, 0.05) is 11.0 Å². The minimum Gasteiger partial charge on any atom is -0.330 e. The van der Waals surface area contributed by atoms with Gasteiger partial charge in [0.2, 0.25) is 0 Å². The van der Waals surface area contributed by atoms with Crippen molar-refractivity contribution < 1.29 is 0 Å². The van der Waals surface area contributed by atoms with E-state index in [1.165, 1.54) is 15.6 Å². The predicted octanol–water partition coefficient (Wildman–Crippen LogP) is 2.57. The second-order valence-electron chi connectivity index (χ2n) is 4.23. The normalized spacial score (nSPS) is 13.2. The van der Waals surface area contributed by atoms with Crippen molar-refractivity contribution in [2.75, 3.05) is 20.6 Å². The van der Waals surface area contributed by atoms with Gasteiger partial charge in [-0.05, 0) is 43.8 Å². The summed E-state index contributed by atoms with van der Waals surface area (Å²) >= 11 is 3.61. The van der Waals surface area contributed by atoms with Crippen LogP contribution in [0.2, 0.25) is 0 Å². The van der Waals surface area contributed by atoms with Crippen molar-refractivity contribution >= 4 is 15.9 Å². The molecule has 0 spiro atoms. The van der Waals surface area contributed by atoms with Gasteiger partial charge in [-0.15, -0.1) is 0 Å². The van der Waals surface area contributed by atoms with Crippen molar-refractivity contribution in [3.05, 3.63) is 33.8 Å². The minimum atomic E-state index is 0.426. The Hall–Kier alpha value is -0.380. The molecule has 2 nitrogen and oxygen atoms in total. The molecule has 0 aliphatic rings. The molecule has 1 unspecified atom stereocenters. The molecule has 0 radical (unpaired) electrons. The molecular formula is C12H19BrN2. The Morgan fingerprint density at radius 3 is 2.53 bits per heavy atom. The molecule has 2 N–H and O–H groups in total. The molecule has 0 aliphatic carbocycles. The summed E-state index contributed by atoms with van der Waals surface area (Å²) in [4.78, 5) is 2.16. The van der Waals surface area contributed by atoms with Gasteiger partial charge >= 0.3 is 0 Å². The monoisotopic (exact) mass is 270 g/mol. The first-order valence-electron chi connectivity index (χ1n) is 5.17. The first-order chi connectivity index (χ1) is 7.04. The SMILES string of the molecule is CC(CN)c1ccc(CN(C)C)c(Br)c1. The van der Waals surface area contributed by atoms with E-state index < -0.39 is 0 Å². The highest BCUT2D eigenvalue weighted by atomic mass is 79.9. The van der Waals surface area contributed by atoms with Crippen molar-refractivity contribution in [3.8, 4) is 0 Å². The average molecular weight is 271 g/mol. The Bertz CT molecular complexity index is 323. The van der Waals surface area contributed by atoms with Crippen LogP contribution in [0.4, 0.5) is 0 Å². The van der Waals surface area contributed by atoms with Gasteiger partial charge in [-0.3, -0.25) is 0 Å². The number of benzene rings is 1. The summed E-state index contributed by atoms with van der Waals surface area (Å²) < 4.78 is 1.18.